The van der Waals surface area contributed by atoms with Gasteiger partial charge in [0.2, 0.25) is 11.8 Å². The summed E-state index contributed by atoms with van der Waals surface area (Å²) in [5, 5.41) is 8.79. The SMILES string of the molecule is Cl.O=C(NCCc1cccs1)C1CCN(C(=O)CC2CC3CCC(C2)N3)CC1. The Morgan fingerprint density at radius 2 is 1.86 bits per heavy atom. The van der Waals surface area contributed by atoms with Crippen LogP contribution in [0.5, 0.6) is 0 Å². The third-order valence-electron chi connectivity index (χ3n) is 6.50. The van der Waals surface area contributed by atoms with E-state index in [-0.39, 0.29) is 24.2 Å². The van der Waals surface area contributed by atoms with Crippen LogP contribution in [0.1, 0.15) is 49.8 Å². The van der Waals surface area contributed by atoms with Gasteiger partial charge in [0.1, 0.15) is 0 Å². The van der Waals surface area contributed by atoms with Crippen LogP contribution in [0.15, 0.2) is 17.5 Å². The summed E-state index contributed by atoms with van der Waals surface area (Å²) in [7, 11) is 0. The number of hydrogen-bond donors (Lipinski definition) is 2. The van der Waals surface area contributed by atoms with E-state index in [0.717, 1.165) is 45.2 Å². The molecule has 28 heavy (non-hydrogen) atoms. The zero-order valence-corrected chi connectivity index (χ0v) is 18.0. The second-order valence-corrected chi connectivity index (χ2v) is 9.49. The van der Waals surface area contributed by atoms with E-state index in [0.29, 0.717) is 36.9 Å². The molecule has 2 bridgehead atoms. The van der Waals surface area contributed by atoms with Crippen LogP contribution < -0.4 is 10.6 Å². The number of rotatable bonds is 6. The summed E-state index contributed by atoms with van der Waals surface area (Å²) in [6, 6.07) is 5.44. The molecule has 2 amide bonds. The molecule has 3 aliphatic rings. The maximum atomic E-state index is 12.7. The first-order chi connectivity index (χ1) is 13.2. The van der Waals surface area contributed by atoms with Crippen LogP contribution >= 0.6 is 23.7 Å². The fourth-order valence-corrected chi connectivity index (χ4v) is 5.73. The van der Waals surface area contributed by atoms with Gasteiger partial charge < -0.3 is 15.5 Å². The molecule has 0 saturated carbocycles. The number of amides is 2. The first-order valence-electron chi connectivity index (χ1n) is 10.5. The quantitative estimate of drug-likeness (QED) is 0.736. The predicted molar refractivity (Wildman–Crippen MR) is 115 cm³/mol. The van der Waals surface area contributed by atoms with Crippen molar-refractivity contribution in [2.45, 2.75) is 63.5 Å². The van der Waals surface area contributed by atoms with Crippen LogP contribution in [0.25, 0.3) is 0 Å². The Bertz CT molecular complexity index is 634. The molecule has 5 nitrogen and oxygen atoms in total. The molecule has 0 aromatic carbocycles. The molecule has 0 spiro atoms. The Labute approximate surface area is 178 Å². The summed E-state index contributed by atoms with van der Waals surface area (Å²) in [5.41, 5.74) is 0. The molecule has 1 aromatic rings. The number of carbonyl (C=O) groups excluding carboxylic acids is 2. The van der Waals surface area contributed by atoms with E-state index in [2.05, 4.69) is 22.1 Å². The first kappa shape index (κ1) is 21.6. The topological polar surface area (TPSA) is 61.4 Å². The lowest BCUT2D eigenvalue weighted by Crippen LogP contribution is -2.45. The Balaban J connectivity index is 0.00000225. The zero-order chi connectivity index (χ0) is 18.6. The van der Waals surface area contributed by atoms with E-state index < -0.39 is 0 Å². The highest BCUT2D eigenvalue weighted by Crippen LogP contribution is 2.33. The standard InChI is InChI=1S/C21H31N3O2S.ClH/c25-20(14-15-12-17-3-4-18(13-15)23-17)24-9-6-16(7-10-24)21(26)22-8-5-19-2-1-11-27-19;/h1-2,11,15-18,23H,3-10,12-14H2,(H,22,26);1H. The second kappa shape index (κ2) is 10.1. The summed E-state index contributed by atoms with van der Waals surface area (Å²) in [6.45, 7) is 2.18. The van der Waals surface area contributed by atoms with Gasteiger partial charge in [0.05, 0.1) is 0 Å². The van der Waals surface area contributed by atoms with Gasteiger partial charge in [-0.25, -0.2) is 0 Å². The summed E-state index contributed by atoms with van der Waals surface area (Å²) < 4.78 is 0. The Morgan fingerprint density at radius 1 is 1.14 bits per heavy atom. The highest BCUT2D eigenvalue weighted by atomic mass is 35.5. The van der Waals surface area contributed by atoms with Crippen molar-refractivity contribution in [1.82, 2.24) is 15.5 Å². The van der Waals surface area contributed by atoms with Crippen LogP contribution in [0.4, 0.5) is 0 Å². The van der Waals surface area contributed by atoms with E-state index in [1.165, 1.54) is 17.7 Å². The number of piperidine rings is 2. The maximum absolute atomic E-state index is 12.7. The molecule has 0 radical (unpaired) electrons. The Hall–Kier alpha value is -1.11. The van der Waals surface area contributed by atoms with Gasteiger partial charge in [-0.3, -0.25) is 9.59 Å². The maximum Gasteiger partial charge on any atom is 0.223 e. The number of halogens is 1. The van der Waals surface area contributed by atoms with Crippen molar-refractivity contribution in [2.24, 2.45) is 11.8 Å². The van der Waals surface area contributed by atoms with E-state index in [1.807, 2.05) is 11.0 Å². The number of nitrogens with zero attached hydrogens (tertiary/aromatic N) is 1. The van der Waals surface area contributed by atoms with E-state index in [9.17, 15) is 9.59 Å². The van der Waals surface area contributed by atoms with Crippen molar-refractivity contribution in [1.29, 1.82) is 0 Å². The smallest absolute Gasteiger partial charge is 0.223 e. The Kier molecular flexibility index (Phi) is 7.77. The summed E-state index contributed by atoms with van der Waals surface area (Å²) in [5.74, 6) is 1.08. The average molecular weight is 426 g/mol. The highest BCUT2D eigenvalue weighted by Gasteiger charge is 2.35. The lowest BCUT2D eigenvalue weighted by molar-refractivity contribution is -0.136. The van der Waals surface area contributed by atoms with Crippen molar-refractivity contribution >= 4 is 35.6 Å². The van der Waals surface area contributed by atoms with Crippen molar-refractivity contribution in [3.63, 3.8) is 0 Å². The monoisotopic (exact) mass is 425 g/mol. The van der Waals surface area contributed by atoms with Gasteiger partial charge in [-0.2, -0.15) is 0 Å². The van der Waals surface area contributed by atoms with Gasteiger partial charge in [0.15, 0.2) is 0 Å². The van der Waals surface area contributed by atoms with Crippen LogP contribution in [0.3, 0.4) is 0 Å². The molecule has 7 heteroatoms. The molecule has 0 aliphatic carbocycles. The minimum atomic E-state index is 0. The normalized spacial score (nSPS) is 27.3. The van der Waals surface area contributed by atoms with Crippen molar-refractivity contribution in [2.75, 3.05) is 19.6 Å². The Morgan fingerprint density at radius 3 is 2.50 bits per heavy atom. The van der Waals surface area contributed by atoms with Crippen LogP contribution in [0, 0.1) is 11.8 Å². The average Bonchev–Trinajstić information content (AvgIpc) is 3.31. The molecule has 156 valence electrons. The van der Waals surface area contributed by atoms with Crippen molar-refractivity contribution < 1.29 is 9.59 Å². The molecule has 3 fully saturated rings. The van der Waals surface area contributed by atoms with Crippen molar-refractivity contribution in [3.8, 4) is 0 Å². The summed E-state index contributed by atoms with van der Waals surface area (Å²) >= 11 is 1.73. The molecular formula is C21H32ClN3O2S. The van der Waals surface area contributed by atoms with E-state index in [1.54, 1.807) is 11.3 Å². The molecule has 4 rings (SSSR count). The molecule has 4 heterocycles. The van der Waals surface area contributed by atoms with Gasteiger partial charge >= 0.3 is 0 Å². The molecule has 1 aromatic heterocycles. The van der Waals surface area contributed by atoms with E-state index in [4.69, 9.17) is 0 Å². The minimum absolute atomic E-state index is 0. The number of nitrogens with one attached hydrogen (secondary N) is 2. The third kappa shape index (κ3) is 5.49. The van der Waals surface area contributed by atoms with Gasteiger partial charge in [-0.05, 0) is 62.3 Å². The summed E-state index contributed by atoms with van der Waals surface area (Å²) in [4.78, 5) is 28.4. The van der Waals surface area contributed by atoms with Crippen LogP contribution in [0.2, 0.25) is 0 Å². The summed E-state index contributed by atoms with van der Waals surface area (Å²) in [6.07, 6.45) is 8.08. The minimum Gasteiger partial charge on any atom is -0.355 e. The van der Waals surface area contributed by atoms with Gasteiger partial charge in [-0.1, -0.05) is 6.07 Å². The molecule has 2 N–H and O–H groups in total. The fraction of sp³-hybridized carbons (Fsp3) is 0.714. The van der Waals surface area contributed by atoms with Gasteiger partial charge in [0.25, 0.3) is 0 Å². The number of thiophene rings is 1. The number of fused-ring (bicyclic) bond motifs is 2. The largest absolute Gasteiger partial charge is 0.355 e. The van der Waals surface area contributed by atoms with Gasteiger partial charge in [-0.15, -0.1) is 23.7 Å². The lowest BCUT2D eigenvalue weighted by Gasteiger charge is -2.34. The third-order valence-corrected chi connectivity index (χ3v) is 7.44. The predicted octanol–water partition coefficient (Wildman–Crippen LogP) is 2.99. The van der Waals surface area contributed by atoms with Crippen molar-refractivity contribution in [3.05, 3.63) is 22.4 Å². The molecule has 3 saturated heterocycles. The molecule has 3 aliphatic heterocycles. The lowest BCUT2D eigenvalue weighted by atomic mass is 9.88. The first-order valence-corrected chi connectivity index (χ1v) is 11.4. The van der Waals surface area contributed by atoms with Crippen LogP contribution in [-0.2, 0) is 16.0 Å². The van der Waals surface area contributed by atoms with Crippen LogP contribution in [-0.4, -0.2) is 48.4 Å². The number of carbonyl (C=O) groups is 2. The fourth-order valence-electron chi connectivity index (χ4n) is 5.02. The second-order valence-electron chi connectivity index (χ2n) is 8.45. The zero-order valence-electron chi connectivity index (χ0n) is 16.4. The molecule has 2 atom stereocenters. The number of likely N-dealkylation sites (tertiary alicyclic amines) is 1. The number of hydrogen-bond acceptors (Lipinski definition) is 4. The molecular weight excluding hydrogens is 394 g/mol. The highest BCUT2D eigenvalue weighted by molar-refractivity contribution is 7.09. The van der Waals surface area contributed by atoms with Gasteiger partial charge in [0, 0.05) is 48.9 Å². The van der Waals surface area contributed by atoms with E-state index >= 15 is 0 Å². The molecule has 2 unspecified atom stereocenters.